The Morgan fingerprint density at radius 3 is 1.54 bits per heavy atom. The standard InChI is InChI=1S/C18H30.2Na.HO3P/c1-2-3-4-5-6-7-8-9-10-12-15-18-16-13-11-14-17-18;;;1-4(2)3/h11,13-14,16-17H,2-10,12,15H2,1H3;;;(H,1,2,3)/q;2*+1;/p-1. The molecule has 0 bridgehead atoms. The molecule has 0 saturated carbocycles. The molecule has 0 aliphatic heterocycles. The predicted octanol–water partition coefficient (Wildman–Crippen LogP) is -1.48. The smallest absolute Gasteiger partial charge is 0.598 e. The van der Waals surface area contributed by atoms with Gasteiger partial charge in [-0.25, -0.2) is 0 Å². The summed E-state index contributed by atoms with van der Waals surface area (Å²) < 4.78 is 8.48. The number of hydrogen-bond acceptors (Lipinski definition) is 3. The first kappa shape index (κ1) is 30.0. The number of rotatable bonds is 11. The van der Waals surface area contributed by atoms with Crippen molar-refractivity contribution in [2.24, 2.45) is 0 Å². The SMILES string of the molecule is CCCCCCCCCCCCc1ccccc1.O=[P+]([O-])[O-].[Na+].[Na+]. The fourth-order valence-electron chi connectivity index (χ4n) is 2.46. The first-order chi connectivity index (χ1) is 10.7. The van der Waals surface area contributed by atoms with Crippen LogP contribution in [0.25, 0.3) is 0 Å². The number of unbranched alkanes of at least 4 members (excludes halogenated alkanes) is 9. The van der Waals surface area contributed by atoms with Crippen LogP contribution in [0.2, 0.25) is 0 Å². The minimum absolute atomic E-state index is 0. The molecule has 6 heteroatoms. The summed E-state index contributed by atoms with van der Waals surface area (Å²) in [6, 6.07) is 10.9. The molecule has 3 nitrogen and oxygen atoms in total. The van der Waals surface area contributed by atoms with Crippen molar-refractivity contribution in [3.8, 4) is 0 Å². The van der Waals surface area contributed by atoms with Gasteiger partial charge in [0, 0.05) is 0 Å². The van der Waals surface area contributed by atoms with E-state index in [9.17, 15) is 0 Å². The van der Waals surface area contributed by atoms with Crippen LogP contribution in [0.4, 0.5) is 0 Å². The molecule has 0 radical (unpaired) electrons. The van der Waals surface area contributed by atoms with Crippen LogP contribution in [0.3, 0.4) is 0 Å². The van der Waals surface area contributed by atoms with E-state index in [2.05, 4.69) is 37.3 Å². The van der Waals surface area contributed by atoms with Crippen LogP contribution in [0, 0.1) is 0 Å². The van der Waals surface area contributed by atoms with Crippen LogP contribution < -0.4 is 68.9 Å². The van der Waals surface area contributed by atoms with Gasteiger partial charge in [-0.2, -0.15) is 0 Å². The van der Waals surface area contributed by atoms with E-state index in [0.29, 0.717) is 0 Å². The molecule has 126 valence electrons. The van der Waals surface area contributed by atoms with Crippen molar-refractivity contribution in [3.63, 3.8) is 0 Å². The average molecular weight is 371 g/mol. The maximum Gasteiger partial charge on any atom is 1.00 e. The van der Waals surface area contributed by atoms with Gasteiger partial charge in [-0.15, -0.1) is 0 Å². The number of hydrogen-bond donors (Lipinski definition) is 0. The van der Waals surface area contributed by atoms with Crippen molar-refractivity contribution in [3.05, 3.63) is 35.9 Å². The van der Waals surface area contributed by atoms with E-state index in [1.54, 1.807) is 0 Å². The summed E-state index contributed by atoms with van der Waals surface area (Å²) in [5, 5.41) is 0. The second-order valence-electron chi connectivity index (χ2n) is 5.64. The average Bonchev–Trinajstić information content (AvgIpc) is 2.50. The van der Waals surface area contributed by atoms with Crippen molar-refractivity contribution in [1.82, 2.24) is 0 Å². The molecule has 0 unspecified atom stereocenters. The summed E-state index contributed by atoms with van der Waals surface area (Å²) >= 11 is 0. The molecule has 0 aromatic heterocycles. The maximum atomic E-state index is 8.48. The van der Waals surface area contributed by atoms with Gasteiger partial charge in [0.2, 0.25) is 0 Å². The molecule has 0 atom stereocenters. The molecule has 1 rings (SSSR count). The van der Waals surface area contributed by atoms with Crippen molar-refractivity contribution < 1.29 is 73.5 Å². The Hall–Kier alpha value is 1.24. The van der Waals surface area contributed by atoms with Gasteiger partial charge in [-0.1, -0.05) is 99.6 Å². The third-order valence-electron chi connectivity index (χ3n) is 3.66. The largest absolute Gasteiger partial charge is 1.00 e. The van der Waals surface area contributed by atoms with E-state index in [1.807, 2.05) is 0 Å². The van der Waals surface area contributed by atoms with E-state index in [1.165, 1.54) is 76.2 Å². The predicted molar refractivity (Wildman–Crippen MR) is 89.6 cm³/mol. The van der Waals surface area contributed by atoms with Crippen molar-refractivity contribution in [2.45, 2.75) is 77.6 Å². The van der Waals surface area contributed by atoms with E-state index < -0.39 is 8.25 Å². The van der Waals surface area contributed by atoms with E-state index in [4.69, 9.17) is 14.4 Å². The minimum Gasteiger partial charge on any atom is -0.598 e. The van der Waals surface area contributed by atoms with Gasteiger partial charge < -0.3 is 9.79 Å². The summed E-state index contributed by atoms with van der Waals surface area (Å²) in [6.07, 6.45) is 15.5. The van der Waals surface area contributed by atoms with Gasteiger partial charge >= 0.3 is 59.1 Å². The zero-order chi connectivity index (χ0) is 16.5. The molecular formula is C18H30Na2O3P+. The van der Waals surface area contributed by atoms with Crippen LogP contribution in [0.5, 0.6) is 0 Å². The van der Waals surface area contributed by atoms with Crippen molar-refractivity contribution >= 4 is 8.25 Å². The van der Waals surface area contributed by atoms with Gasteiger partial charge in [0.15, 0.2) is 0 Å². The summed E-state index contributed by atoms with van der Waals surface area (Å²) in [5.41, 5.74) is 1.50. The first-order valence-corrected chi connectivity index (χ1v) is 9.61. The molecule has 0 saturated heterocycles. The minimum atomic E-state index is -3.37. The normalized spacial score (nSPS) is 9.12. The van der Waals surface area contributed by atoms with Crippen molar-refractivity contribution in [1.29, 1.82) is 0 Å². The molecule has 1 aromatic rings. The second-order valence-corrected chi connectivity index (χ2v) is 6.09. The molecule has 0 N–H and O–H groups in total. The molecule has 0 amide bonds. The molecule has 1 aromatic carbocycles. The zero-order valence-electron chi connectivity index (χ0n) is 15.8. The third-order valence-corrected chi connectivity index (χ3v) is 3.66. The van der Waals surface area contributed by atoms with E-state index in [-0.39, 0.29) is 59.1 Å². The van der Waals surface area contributed by atoms with Crippen LogP contribution in [-0.2, 0) is 11.0 Å². The molecule has 0 aliphatic rings. The van der Waals surface area contributed by atoms with Gasteiger partial charge in [-0.3, -0.25) is 0 Å². The van der Waals surface area contributed by atoms with Crippen LogP contribution >= 0.6 is 8.25 Å². The summed E-state index contributed by atoms with van der Waals surface area (Å²) in [4.78, 5) is 17.0. The first-order valence-electron chi connectivity index (χ1n) is 8.52. The fraction of sp³-hybridized carbons (Fsp3) is 0.667. The Morgan fingerprint density at radius 2 is 1.12 bits per heavy atom. The topological polar surface area (TPSA) is 63.2 Å². The number of aryl methyl sites for hydroxylation is 1. The molecular weight excluding hydrogens is 341 g/mol. The molecule has 24 heavy (non-hydrogen) atoms. The molecule has 0 fully saturated rings. The second kappa shape index (κ2) is 24.2. The van der Waals surface area contributed by atoms with Gasteiger partial charge in [-0.05, 0) is 18.4 Å². The molecule has 0 heterocycles. The van der Waals surface area contributed by atoms with Crippen LogP contribution in [0.15, 0.2) is 30.3 Å². The van der Waals surface area contributed by atoms with E-state index >= 15 is 0 Å². The Morgan fingerprint density at radius 1 is 0.750 bits per heavy atom. The Labute approximate surface area is 193 Å². The third kappa shape index (κ3) is 25.5. The van der Waals surface area contributed by atoms with Gasteiger partial charge in [0.25, 0.3) is 8.25 Å². The Kier molecular flexibility index (Phi) is 30.3. The Bertz CT molecular complexity index is 361. The quantitative estimate of drug-likeness (QED) is 0.271. The fourth-order valence-corrected chi connectivity index (χ4v) is 2.46. The van der Waals surface area contributed by atoms with Gasteiger partial charge in [0.05, 0.1) is 0 Å². The molecule has 0 aliphatic carbocycles. The van der Waals surface area contributed by atoms with Gasteiger partial charge in [0.1, 0.15) is 0 Å². The Balaban J connectivity index is -0.000000661. The van der Waals surface area contributed by atoms with Crippen LogP contribution in [0.1, 0.15) is 76.7 Å². The van der Waals surface area contributed by atoms with Crippen molar-refractivity contribution in [2.75, 3.05) is 0 Å². The van der Waals surface area contributed by atoms with E-state index in [0.717, 1.165) is 0 Å². The summed E-state index contributed by atoms with van der Waals surface area (Å²) in [5.74, 6) is 0. The maximum absolute atomic E-state index is 8.48. The van der Waals surface area contributed by atoms with Crippen LogP contribution in [-0.4, -0.2) is 0 Å². The number of benzene rings is 1. The summed E-state index contributed by atoms with van der Waals surface area (Å²) in [7, 11) is -3.37. The monoisotopic (exact) mass is 371 g/mol. The molecule has 0 spiro atoms. The summed E-state index contributed by atoms with van der Waals surface area (Å²) in [6.45, 7) is 2.28. The zero-order valence-corrected chi connectivity index (χ0v) is 20.7.